The van der Waals surface area contributed by atoms with Gasteiger partial charge < -0.3 is 0 Å². The second-order valence-electron chi connectivity index (χ2n) is 7.27. The predicted molar refractivity (Wildman–Crippen MR) is 118 cm³/mol. The van der Waals surface area contributed by atoms with E-state index in [1.807, 2.05) is 24.3 Å². The van der Waals surface area contributed by atoms with Crippen molar-refractivity contribution in [2.24, 2.45) is 0 Å². The molecule has 0 bridgehead atoms. The molecular weight excluding hydrogens is 395 g/mol. The van der Waals surface area contributed by atoms with Crippen LogP contribution >= 0.6 is 0 Å². The number of pyridine rings is 1. The summed E-state index contributed by atoms with van der Waals surface area (Å²) in [5, 5.41) is 17.4. The first-order valence-electron chi connectivity index (χ1n) is 9.86. The number of halogens is 1. The second kappa shape index (κ2) is 7.28. The van der Waals surface area contributed by atoms with Crippen molar-refractivity contribution < 1.29 is 9.31 Å². The summed E-state index contributed by atoms with van der Waals surface area (Å²) in [6.07, 6.45) is 2.65. The van der Waals surface area contributed by atoms with Crippen LogP contribution in [-0.4, -0.2) is 19.7 Å². The van der Waals surface area contributed by atoms with Crippen LogP contribution in [0.5, 0.6) is 0 Å². The summed E-state index contributed by atoms with van der Waals surface area (Å²) in [6, 6.07) is 18.7. The molecule has 5 aromatic rings. The standard InChI is InChI=1S/C24H17FN4O2/c1-2-15-6-8-16(9-7-15)23-21-14-26-22-11-10-17(25)12-20(22)24(21)28(27-23)18-4-3-5-19(13-18)29(30)31/h3-14H,2H2,1H3. The van der Waals surface area contributed by atoms with Crippen LogP contribution in [-0.2, 0) is 6.42 Å². The molecule has 7 heteroatoms. The lowest BCUT2D eigenvalue weighted by Crippen LogP contribution is -1.99. The van der Waals surface area contributed by atoms with E-state index in [0.717, 1.165) is 17.4 Å². The molecule has 0 saturated carbocycles. The molecule has 3 aromatic carbocycles. The van der Waals surface area contributed by atoms with Crippen molar-refractivity contribution in [3.05, 3.63) is 94.4 Å². The SMILES string of the molecule is CCc1ccc(-c2nn(-c3cccc([N+](=O)[O-])c3)c3c2cnc2ccc(F)cc23)cc1. The number of rotatable bonds is 4. The van der Waals surface area contributed by atoms with E-state index < -0.39 is 4.92 Å². The van der Waals surface area contributed by atoms with Gasteiger partial charge in [0.15, 0.2) is 0 Å². The third-order valence-corrected chi connectivity index (χ3v) is 5.39. The van der Waals surface area contributed by atoms with Gasteiger partial charge >= 0.3 is 0 Å². The molecule has 2 aromatic heterocycles. The number of non-ortho nitro benzene ring substituents is 1. The Morgan fingerprint density at radius 1 is 1.03 bits per heavy atom. The van der Waals surface area contributed by atoms with E-state index in [0.29, 0.717) is 27.8 Å². The van der Waals surface area contributed by atoms with Crippen LogP contribution in [0.25, 0.3) is 38.8 Å². The van der Waals surface area contributed by atoms with Gasteiger partial charge in [-0.25, -0.2) is 9.07 Å². The smallest absolute Gasteiger partial charge is 0.258 e. The molecule has 0 fully saturated rings. The van der Waals surface area contributed by atoms with Gasteiger partial charge in [0.2, 0.25) is 0 Å². The Balaban J connectivity index is 1.86. The fraction of sp³-hybridized carbons (Fsp3) is 0.0833. The van der Waals surface area contributed by atoms with Gasteiger partial charge in [-0.1, -0.05) is 37.3 Å². The Labute approximate surface area is 176 Å². The molecule has 0 saturated heterocycles. The van der Waals surface area contributed by atoms with Crippen LogP contribution in [0.4, 0.5) is 10.1 Å². The number of aryl methyl sites for hydroxylation is 1. The van der Waals surface area contributed by atoms with Crippen LogP contribution < -0.4 is 0 Å². The summed E-state index contributed by atoms with van der Waals surface area (Å²) in [5.41, 5.74) is 4.53. The van der Waals surface area contributed by atoms with Gasteiger partial charge in [0, 0.05) is 34.7 Å². The highest BCUT2D eigenvalue weighted by Gasteiger charge is 2.19. The normalized spacial score (nSPS) is 11.3. The topological polar surface area (TPSA) is 73.8 Å². The van der Waals surface area contributed by atoms with E-state index in [-0.39, 0.29) is 11.5 Å². The van der Waals surface area contributed by atoms with Crippen molar-refractivity contribution in [1.82, 2.24) is 14.8 Å². The minimum Gasteiger partial charge on any atom is -0.258 e. The van der Waals surface area contributed by atoms with Crippen LogP contribution in [0.3, 0.4) is 0 Å². The third-order valence-electron chi connectivity index (χ3n) is 5.39. The second-order valence-corrected chi connectivity index (χ2v) is 7.27. The van der Waals surface area contributed by atoms with Gasteiger partial charge in [-0.15, -0.1) is 0 Å². The van der Waals surface area contributed by atoms with Crippen molar-refractivity contribution >= 4 is 27.5 Å². The number of hydrogen-bond donors (Lipinski definition) is 0. The first kappa shape index (κ1) is 18.9. The van der Waals surface area contributed by atoms with Crippen LogP contribution in [0.2, 0.25) is 0 Å². The number of fused-ring (bicyclic) bond motifs is 3. The summed E-state index contributed by atoms with van der Waals surface area (Å²) < 4.78 is 15.8. The Hall–Kier alpha value is -4.13. The maximum absolute atomic E-state index is 14.1. The molecule has 0 atom stereocenters. The zero-order chi connectivity index (χ0) is 21.5. The monoisotopic (exact) mass is 412 g/mol. The zero-order valence-corrected chi connectivity index (χ0v) is 16.6. The molecular formula is C24H17FN4O2. The lowest BCUT2D eigenvalue weighted by molar-refractivity contribution is -0.384. The fourth-order valence-electron chi connectivity index (χ4n) is 3.79. The summed E-state index contributed by atoms with van der Waals surface area (Å²) in [5.74, 6) is -0.387. The van der Waals surface area contributed by atoms with Crippen molar-refractivity contribution in [2.45, 2.75) is 13.3 Å². The molecule has 0 aliphatic rings. The average Bonchev–Trinajstić information content (AvgIpc) is 3.19. The van der Waals surface area contributed by atoms with Gasteiger partial charge in [-0.2, -0.15) is 5.10 Å². The molecule has 6 nitrogen and oxygen atoms in total. The highest BCUT2D eigenvalue weighted by Crippen LogP contribution is 2.34. The Kier molecular flexibility index (Phi) is 4.43. The molecule has 0 radical (unpaired) electrons. The van der Waals surface area contributed by atoms with Gasteiger partial charge in [-0.05, 0) is 36.2 Å². The van der Waals surface area contributed by atoms with Crippen molar-refractivity contribution in [1.29, 1.82) is 0 Å². The quantitative estimate of drug-likeness (QED) is 0.274. The zero-order valence-electron chi connectivity index (χ0n) is 16.6. The van der Waals surface area contributed by atoms with E-state index in [2.05, 4.69) is 11.9 Å². The molecule has 0 amide bonds. The largest absolute Gasteiger partial charge is 0.271 e. The third kappa shape index (κ3) is 3.20. The highest BCUT2D eigenvalue weighted by atomic mass is 19.1. The van der Waals surface area contributed by atoms with E-state index in [9.17, 15) is 14.5 Å². The van der Waals surface area contributed by atoms with E-state index >= 15 is 0 Å². The minimum absolute atomic E-state index is 0.0421. The van der Waals surface area contributed by atoms with Gasteiger partial charge in [0.05, 0.1) is 21.6 Å². The van der Waals surface area contributed by atoms with Crippen LogP contribution in [0, 0.1) is 15.9 Å². The lowest BCUT2D eigenvalue weighted by Gasteiger charge is -2.06. The van der Waals surface area contributed by atoms with E-state index in [1.165, 1.54) is 29.8 Å². The predicted octanol–water partition coefficient (Wildman–Crippen LogP) is 5.85. The summed E-state index contributed by atoms with van der Waals surface area (Å²) in [7, 11) is 0. The number of nitrogens with zero attached hydrogens (tertiary/aromatic N) is 4. The molecule has 0 aliphatic heterocycles. The maximum atomic E-state index is 14.1. The van der Waals surface area contributed by atoms with Crippen LogP contribution in [0.1, 0.15) is 12.5 Å². The van der Waals surface area contributed by atoms with Gasteiger partial charge in [0.1, 0.15) is 11.5 Å². The van der Waals surface area contributed by atoms with Crippen molar-refractivity contribution in [2.75, 3.05) is 0 Å². The van der Waals surface area contributed by atoms with E-state index in [4.69, 9.17) is 5.10 Å². The Morgan fingerprint density at radius 3 is 2.58 bits per heavy atom. The minimum atomic E-state index is -0.446. The maximum Gasteiger partial charge on any atom is 0.271 e. The summed E-state index contributed by atoms with van der Waals surface area (Å²) >= 11 is 0. The molecule has 0 N–H and O–H groups in total. The lowest BCUT2D eigenvalue weighted by atomic mass is 10.0. The number of aromatic nitrogens is 3. The number of hydrogen-bond acceptors (Lipinski definition) is 4. The molecule has 31 heavy (non-hydrogen) atoms. The number of benzene rings is 3. The van der Waals surface area contributed by atoms with Crippen LogP contribution in [0.15, 0.2) is 72.9 Å². The Morgan fingerprint density at radius 2 is 1.84 bits per heavy atom. The van der Waals surface area contributed by atoms with Gasteiger partial charge in [-0.3, -0.25) is 15.1 Å². The summed E-state index contributed by atoms with van der Waals surface area (Å²) in [6.45, 7) is 2.09. The molecule has 0 aliphatic carbocycles. The highest BCUT2D eigenvalue weighted by molar-refractivity contribution is 6.08. The average molecular weight is 412 g/mol. The first-order valence-corrected chi connectivity index (χ1v) is 9.86. The number of nitro benzene ring substituents is 1. The van der Waals surface area contributed by atoms with E-state index in [1.54, 1.807) is 29.1 Å². The number of nitro groups is 1. The van der Waals surface area contributed by atoms with Gasteiger partial charge in [0.25, 0.3) is 5.69 Å². The molecule has 0 spiro atoms. The fourth-order valence-corrected chi connectivity index (χ4v) is 3.79. The van der Waals surface area contributed by atoms with Crippen molar-refractivity contribution in [3.8, 4) is 16.9 Å². The van der Waals surface area contributed by atoms with Crippen molar-refractivity contribution in [3.63, 3.8) is 0 Å². The molecule has 0 unspecified atom stereocenters. The Bertz CT molecular complexity index is 1460. The molecule has 5 rings (SSSR count). The first-order chi connectivity index (χ1) is 15.0. The summed E-state index contributed by atoms with van der Waals surface area (Å²) in [4.78, 5) is 15.4. The molecule has 2 heterocycles. The molecule has 152 valence electrons.